The number of nitrogens with one attached hydrogen (secondary N) is 1. The van der Waals surface area contributed by atoms with Gasteiger partial charge in [-0.3, -0.25) is 4.79 Å². The molecule has 2 rings (SSSR count). The zero-order valence-electron chi connectivity index (χ0n) is 10.4. The molecule has 3 N–H and O–H groups in total. The highest BCUT2D eigenvalue weighted by Gasteiger charge is 2.34. The van der Waals surface area contributed by atoms with Crippen molar-refractivity contribution >= 4 is 11.9 Å². The number of β-lactam (4-membered cyclic amide) rings is 1. The van der Waals surface area contributed by atoms with Gasteiger partial charge in [-0.1, -0.05) is 36.4 Å². The molecule has 0 saturated carbocycles. The van der Waals surface area contributed by atoms with E-state index in [9.17, 15) is 9.59 Å². The van der Waals surface area contributed by atoms with Crippen molar-refractivity contribution in [3.05, 3.63) is 48.0 Å². The minimum Gasteiger partial charge on any atom is -0.458 e. The summed E-state index contributed by atoms with van der Waals surface area (Å²) in [5.41, 5.74) is 6.50. The lowest BCUT2D eigenvalue weighted by Crippen LogP contribution is -2.66. The Bertz CT molecular complexity index is 485. The molecule has 0 aliphatic carbocycles. The molecule has 1 heterocycles. The van der Waals surface area contributed by atoms with Gasteiger partial charge in [-0.25, -0.2) is 4.79 Å². The molecule has 19 heavy (non-hydrogen) atoms. The van der Waals surface area contributed by atoms with E-state index in [4.69, 9.17) is 10.5 Å². The first-order chi connectivity index (χ1) is 9.16. The van der Waals surface area contributed by atoms with E-state index in [-0.39, 0.29) is 18.6 Å². The van der Waals surface area contributed by atoms with Crippen LogP contribution in [0.25, 0.3) is 0 Å². The predicted octanol–water partition coefficient (Wildman–Crippen LogP) is 0.502. The third-order valence-electron chi connectivity index (χ3n) is 2.93. The van der Waals surface area contributed by atoms with E-state index in [0.29, 0.717) is 6.42 Å². The molecule has 0 bridgehead atoms. The van der Waals surface area contributed by atoms with Crippen molar-refractivity contribution in [3.8, 4) is 0 Å². The van der Waals surface area contributed by atoms with Gasteiger partial charge in [0.2, 0.25) is 5.91 Å². The highest BCUT2D eigenvalue weighted by Crippen LogP contribution is 2.08. The Hall–Kier alpha value is -2.14. The molecule has 1 aliphatic rings. The van der Waals surface area contributed by atoms with Crippen molar-refractivity contribution in [1.82, 2.24) is 5.32 Å². The lowest BCUT2D eigenvalue weighted by molar-refractivity contribution is -0.139. The van der Waals surface area contributed by atoms with Gasteiger partial charge >= 0.3 is 5.97 Å². The number of esters is 1. The van der Waals surface area contributed by atoms with Gasteiger partial charge in [0, 0.05) is 6.08 Å². The fourth-order valence-electron chi connectivity index (χ4n) is 1.75. The van der Waals surface area contributed by atoms with Crippen molar-refractivity contribution in [1.29, 1.82) is 0 Å². The van der Waals surface area contributed by atoms with E-state index >= 15 is 0 Å². The second-order valence-electron chi connectivity index (χ2n) is 4.37. The molecule has 2 atom stereocenters. The number of rotatable bonds is 5. The van der Waals surface area contributed by atoms with Crippen molar-refractivity contribution < 1.29 is 14.3 Å². The minimum atomic E-state index is -0.468. The van der Waals surface area contributed by atoms with Gasteiger partial charge in [-0.2, -0.15) is 0 Å². The number of nitrogens with two attached hydrogens (primary N) is 1. The second-order valence-corrected chi connectivity index (χ2v) is 4.37. The van der Waals surface area contributed by atoms with Crippen LogP contribution in [0.3, 0.4) is 0 Å². The van der Waals surface area contributed by atoms with Gasteiger partial charge in [-0.15, -0.1) is 0 Å². The standard InChI is InChI=1S/C14H16N2O3/c15-13-11(16-14(13)18)7-4-8-12(17)19-9-10-5-2-1-3-6-10/h1-6,8,11,13H,7,9,15H2,(H,16,18)/t11-,13-/m1/s1. The normalized spacial score (nSPS) is 21.8. The molecule has 5 nitrogen and oxygen atoms in total. The first-order valence-electron chi connectivity index (χ1n) is 6.10. The molecule has 0 unspecified atom stereocenters. The van der Waals surface area contributed by atoms with Gasteiger partial charge in [0.15, 0.2) is 0 Å². The van der Waals surface area contributed by atoms with Gasteiger partial charge < -0.3 is 15.8 Å². The summed E-state index contributed by atoms with van der Waals surface area (Å²) in [4.78, 5) is 22.3. The van der Waals surface area contributed by atoms with Crippen molar-refractivity contribution in [2.24, 2.45) is 5.73 Å². The zero-order chi connectivity index (χ0) is 13.7. The van der Waals surface area contributed by atoms with Crippen LogP contribution in [0.15, 0.2) is 42.5 Å². The maximum absolute atomic E-state index is 11.4. The molecule has 0 aromatic heterocycles. The Balaban J connectivity index is 1.68. The number of carbonyl (C=O) groups excluding carboxylic acids is 2. The minimum absolute atomic E-state index is 0.0781. The van der Waals surface area contributed by atoms with Crippen LogP contribution in [0.1, 0.15) is 12.0 Å². The summed E-state index contributed by atoms with van der Waals surface area (Å²) in [6.45, 7) is 0.254. The Morgan fingerprint density at radius 2 is 2.11 bits per heavy atom. The molecule has 1 fully saturated rings. The summed E-state index contributed by atoms with van der Waals surface area (Å²) < 4.78 is 5.07. The Morgan fingerprint density at radius 1 is 1.37 bits per heavy atom. The van der Waals surface area contributed by atoms with Crippen LogP contribution in [-0.4, -0.2) is 24.0 Å². The van der Waals surface area contributed by atoms with Crippen LogP contribution in [-0.2, 0) is 20.9 Å². The summed E-state index contributed by atoms with van der Waals surface area (Å²) >= 11 is 0. The molecule has 1 amide bonds. The smallest absolute Gasteiger partial charge is 0.330 e. The van der Waals surface area contributed by atoms with Gasteiger partial charge in [0.1, 0.15) is 12.6 Å². The van der Waals surface area contributed by atoms with Crippen molar-refractivity contribution in [3.63, 3.8) is 0 Å². The maximum Gasteiger partial charge on any atom is 0.330 e. The van der Waals surface area contributed by atoms with E-state index in [0.717, 1.165) is 5.56 Å². The Kier molecular flexibility index (Phi) is 4.30. The summed E-state index contributed by atoms with van der Waals surface area (Å²) in [5.74, 6) is -0.548. The highest BCUT2D eigenvalue weighted by atomic mass is 16.5. The lowest BCUT2D eigenvalue weighted by Gasteiger charge is -2.33. The number of amides is 1. The summed E-state index contributed by atoms with van der Waals surface area (Å²) in [5, 5.41) is 2.66. The monoisotopic (exact) mass is 260 g/mol. The SMILES string of the molecule is N[C@H]1C(=O)N[C@@H]1CC=CC(=O)OCc1ccccc1. The highest BCUT2D eigenvalue weighted by molar-refractivity contribution is 5.89. The Morgan fingerprint density at radius 3 is 2.74 bits per heavy atom. The van der Waals surface area contributed by atoms with Gasteiger partial charge in [0.05, 0.1) is 6.04 Å². The predicted molar refractivity (Wildman–Crippen MR) is 69.9 cm³/mol. The molecule has 1 saturated heterocycles. The van der Waals surface area contributed by atoms with Crippen molar-refractivity contribution in [2.45, 2.75) is 25.1 Å². The molecule has 5 heteroatoms. The molecule has 1 aliphatic heterocycles. The zero-order valence-corrected chi connectivity index (χ0v) is 10.4. The van der Waals surface area contributed by atoms with Crippen LogP contribution in [0.5, 0.6) is 0 Å². The average molecular weight is 260 g/mol. The average Bonchev–Trinajstić information content (AvgIpc) is 2.45. The molecular weight excluding hydrogens is 244 g/mol. The van der Waals surface area contributed by atoms with E-state index in [1.165, 1.54) is 6.08 Å². The fraction of sp³-hybridized carbons (Fsp3) is 0.286. The van der Waals surface area contributed by atoms with E-state index < -0.39 is 12.0 Å². The quantitative estimate of drug-likeness (QED) is 0.459. The van der Waals surface area contributed by atoms with Crippen LogP contribution >= 0.6 is 0 Å². The number of carbonyl (C=O) groups is 2. The molecule has 1 aromatic rings. The summed E-state index contributed by atoms with van der Waals surface area (Å²) in [6.07, 6.45) is 3.56. The number of hydrogen-bond acceptors (Lipinski definition) is 4. The van der Waals surface area contributed by atoms with E-state index in [2.05, 4.69) is 5.32 Å². The van der Waals surface area contributed by atoms with E-state index in [1.54, 1.807) is 6.08 Å². The van der Waals surface area contributed by atoms with Crippen LogP contribution in [0.4, 0.5) is 0 Å². The second kappa shape index (κ2) is 6.15. The first kappa shape index (κ1) is 13.3. The van der Waals surface area contributed by atoms with Crippen molar-refractivity contribution in [2.75, 3.05) is 0 Å². The van der Waals surface area contributed by atoms with Crippen LogP contribution in [0, 0.1) is 0 Å². The van der Waals surface area contributed by atoms with Gasteiger partial charge in [0.25, 0.3) is 0 Å². The van der Waals surface area contributed by atoms with Crippen LogP contribution in [0.2, 0.25) is 0 Å². The molecule has 1 aromatic carbocycles. The number of hydrogen-bond donors (Lipinski definition) is 2. The third kappa shape index (κ3) is 3.66. The molecular formula is C14H16N2O3. The first-order valence-corrected chi connectivity index (χ1v) is 6.10. The maximum atomic E-state index is 11.4. The summed E-state index contributed by atoms with van der Waals surface area (Å²) in [6, 6.07) is 8.91. The fourth-order valence-corrected chi connectivity index (χ4v) is 1.75. The third-order valence-corrected chi connectivity index (χ3v) is 2.93. The number of ether oxygens (including phenoxy) is 1. The molecule has 0 radical (unpaired) electrons. The topological polar surface area (TPSA) is 81.4 Å². The van der Waals surface area contributed by atoms with E-state index in [1.807, 2.05) is 30.3 Å². The largest absolute Gasteiger partial charge is 0.458 e. The molecule has 100 valence electrons. The summed E-state index contributed by atoms with van der Waals surface area (Å²) in [7, 11) is 0. The lowest BCUT2D eigenvalue weighted by atomic mass is 9.97. The van der Waals surface area contributed by atoms with Gasteiger partial charge in [-0.05, 0) is 12.0 Å². The molecule has 0 spiro atoms. The number of benzene rings is 1. The Labute approximate surface area is 111 Å². The van der Waals surface area contributed by atoms with Crippen LogP contribution < -0.4 is 11.1 Å².